The number of nitrogens with zero attached hydrogens (tertiary/aromatic N) is 2. The van der Waals surface area contributed by atoms with E-state index >= 15 is 0 Å². The molecule has 0 amide bonds. The lowest BCUT2D eigenvalue weighted by molar-refractivity contribution is 0.362. The summed E-state index contributed by atoms with van der Waals surface area (Å²) in [5.74, 6) is 0.0549. The Balaban J connectivity index is 2.19. The number of hydrogen-bond acceptors (Lipinski definition) is 5. The SMILES string of the molecule is CSC1(CNS(=O)(=O)c2c(N)nn(C)c2C)CCC1. The first-order valence-electron chi connectivity index (χ1n) is 6.15. The summed E-state index contributed by atoms with van der Waals surface area (Å²) in [6.45, 7) is 2.15. The number of thioether (sulfide) groups is 1. The van der Waals surface area contributed by atoms with Gasteiger partial charge in [0.15, 0.2) is 5.82 Å². The van der Waals surface area contributed by atoms with Gasteiger partial charge in [-0.2, -0.15) is 16.9 Å². The van der Waals surface area contributed by atoms with E-state index in [0.717, 1.165) is 19.3 Å². The first-order chi connectivity index (χ1) is 8.81. The number of nitrogens with two attached hydrogens (primary N) is 1. The molecule has 0 unspecified atom stereocenters. The molecule has 0 spiro atoms. The molecule has 1 saturated carbocycles. The molecule has 3 N–H and O–H groups in total. The molecule has 0 aliphatic heterocycles. The molecule has 2 rings (SSSR count). The minimum atomic E-state index is -3.59. The maximum absolute atomic E-state index is 12.3. The van der Waals surface area contributed by atoms with Gasteiger partial charge in [0.1, 0.15) is 4.90 Å². The summed E-state index contributed by atoms with van der Waals surface area (Å²) in [5, 5.41) is 3.95. The van der Waals surface area contributed by atoms with E-state index in [1.165, 1.54) is 4.68 Å². The fourth-order valence-electron chi connectivity index (χ4n) is 2.27. The summed E-state index contributed by atoms with van der Waals surface area (Å²) < 4.78 is 28.9. The third-order valence-electron chi connectivity index (χ3n) is 3.86. The van der Waals surface area contributed by atoms with Crippen molar-refractivity contribution < 1.29 is 8.42 Å². The quantitative estimate of drug-likeness (QED) is 0.842. The Kier molecular flexibility index (Phi) is 3.85. The van der Waals surface area contributed by atoms with Crippen LogP contribution >= 0.6 is 11.8 Å². The molecule has 1 aromatic rings. The summed E-state index contributed by atoms with van der Waals surface area (Å²) in [5.41, 5.74) is 6.24. The zero-order valence-electron chi connectivity index (χ0n) is 11.4. The lowest BCUT2D eigenvalue weighted by Crippen LogP contribution is -2.45. The lowest BCUT2D eigenvalue weighted by atomic mass is 9.84. The zero-order valence-corrected chi connectivity index (χ0v) is 13.1. The first kappa shape index (κ1) is 14.7. The van der Waals surface area contributed by atoms with Gasteiger partial charge in [0.05, 0.1) is 5.69 Å². The number of rotatable bonds is 5. The van der Waals surface area contributed by atoms with Crippen molar-refractivity contribution in [1.29, 1.82) is 0 Å². The van der Waals surface area contributed by atoms with Crippen LogP contribution in [-0.4, -0.2) is 35.7 Å². The van der Waals surface area contributed by atoms with Crippen molar-refractivity contribution in [3.05, 3.63) is 5.69 Å². The summed E-state index contributed by atoms with van der Waals surface area (Å²) in [4.78, 5) is 0.102. The van der Waals surface area contributed by atoms with Crippen LogP contribution < -0.4 is 10.5 Å². The second kappa shape index (κ2) is 4.99. The van der Waals surface area contributed by atoms with Gasteiger partial charge in [-0.25, -0.2) is 13.1 Å². The van der Waals surface area contributed by atoms with E-state index < -0.39 is 10.0 Å². The minimum absolute atomic E-state index is 0.0535. The molecule has 1 aromatic heterocycles. The third-order valence-corrected chi connectivity index (χ3v) is 6.84. The highest BCUT2D eigenvalue weighted by atomic mass is 32.2. The van der Waals surface area contributed by atoms with Gasteiger partial charge in [-0.05, 0) is 26.0 Å². The molecule has 0 saturated heterocycles. The fraction of sp³-hybridized carbons (Fsp3) is 0.727. The highest BCUT2D eigenvalue weighted by molar-refractivity contribution is 8.00. The lowest BCUT2D eigenvalue weighted by Gasteiger charge is -2.40. The number of anilines is 1. The van der Waals surface area contributed by atoms with Crippen LogP contribution in [0.5, 0.6) is 0 Å². The largest absolute Gasteiger partial charge is 0.381 e. The minimum Gasteiger partial charge on any atom is -0.381 e. The van der Waals surface area contributed by atoms with Crippen LogP contribution in [0.25, 0.3) is 0 Å². The number of nitrogens with one attached hydrogen (secondary N) is 1. The number of nitrogen functional groups attached to an aromatic ring is 1. The summed E-state index contributed by atoms with van der Waals surface area (Å²) in [6, 6.07) is 0. The predicted molar refractivity (Wildman–Crippen MR) is 77.6 cm³/mol. The van der Waals surface area contributed by atoms with Crippen LogP contribution in [-0.2, 0) is 17.1 Å². The number of aromatic nitrogens is 2. The fourth-order valence-corrected chi connectivity index (χ4v) is 4.72. The summed E-state index contributed by atoms with van der Waals surface area (Å²) in [7, 11) is -1.91. The van der Waals surface area contributed by atoms with E-state index in [9.17, 15) is 8.42 Å². The van der Waals surface area contributed by atoms with Gasteiger partial charge in [-0.1, -0.05) is 6.42 Å². The van der Waals surface area contributed by atoms with Gasteiger partial charge in [0.25, 0.3) is 0 Å². The smallest absolute Gasteiger partial charge is 0.246 e. The maximum atomic E-state index is 12.3. The number of aryl methyl sites for hydroxylation is 1. The van der Waals surface area contributed by atoms with Crippen LogP contribution in [0.4, 0.5) is 5.82 Å². The zero-order chi connectivity index (χ0) is 14.3. The van der Waals surface area contributed by atoms with Gasteiger partial charge < -0.3 is 5.73 Å². The van der Waals surface area contributed by atoms with E-state index in [2.05, 4.69) is 9.82 Å². The Bertz CT molecular complexity index is 570. The average molecular weight is 304 g/mol. The van der Waals surface area contributed by atoms with Crippen LogP contribution in [0.15, 0.2) is 4.90 Å². The number of sulfonamides is 1. The highest BCUT2D eigenvalue weighted by Gasteiger charge is 2.37. The van der Waals surface area contributed by atoms with Gasteiger partial charge >= 0.3 is 0 Å². The predicted octanol–water partition coefficient (Wildman–Crippen LogP) is 0.875. The van der Waals surface area contributed by atoms with Crippen molar-refractivity contribution in [3.8, 4) is 0 Å². The van der Waals surface area contributed by atoms with Gasteiger partial charge in [-0.3, -0.25) is 4.68 Å². The van der Waals surface area contributed by atoms with Crippen LogP contribution in [0.1, 0.15) is 25.0 Å². The van der Waals surface area contributed by atoms with Crippen molar-refractivity contribution >= 4 is 27.6 Å². The van der Waals surface area contributed by atoms with E-state index in [4.69, 9.17) is 5.73 Å². The average Bonchev–Trinajstić information content (AvgIpc) is 2.52. The van der Waals surface area contributed by atoms with Crippen LogP contribution in [0.2, 0.25) is 0 Å². The van der Waals surface area contributed by atoms with Crippen LogP contribution in [0.3, 0.4) is 0 Å². The van der Waals surface area contributed by atoms with Crippen molar-refractivity contribution in [1.82, 2.24) is 14.5 Å². The standard InChI is InChI=1S/C11H20N4O2S2/c1-8-9(10(12)14-15(8)2)19(16,17)13-7-11(18-3)5-4-6-11/h13H,4-7H2,1-3H3,(H2,12,14). The maximum Gasteiger partial charge on any atom is 0.246 e. The normalized spacial score (nSPS) is 18.3. The topological polar surface area (TPSA) is 90.0 Å². The van der Waals surface area contributed by atoms with Crippen molar-refractivity contribution in [2.45, 2.75) is 35.8 Å². The molecule has 0 atom stereocenters. The summed E-state index contributed by atoms with van der Waals surface area (Å²) in [6.07, 6.45) is 5.30. The molecule has 0 radical (unpaired) electrons. The van der Waals surface area contributed by atoms with E-state index in [1.807, 2.05) is 6.26 Å². The van der Waals surface area contributed by atoms with Crippen molar-refractivity contribution in [2.75, 3.05) is 18.5 Å². The second-order valence-corrected chi connectivity index (χ2v) is 7.97. The molecule has 108 valence electrons. The Hall–Kier alpha value is -0.730. The molecule has 0 bridgehead atoms. The Morgan fingerprint density at radius 1 is 1.53 bits per heavy atom. The Morgan fingerprint density at radius 2 is 2.16 bits per heavy atom. The Morgan fingerprint density at radius 3 is 2.53 bits per heavy atom. The van der Waals surface area contributed by atoms with Gasteiger partial charge in [-0.15, -0.1) is 0 Å². The van der Waals surface area contributed by atoms with Crippen LogP contribution in [0, 0.1) is 6.92 Å². The molecule has 0 aromatic carbocycles. The van der Waals surface area contributed by atoms with Crippen molar-refractivity contribution in [2.24, 2.45) is 7.05 Å². The monoisotopic (exact) mass is 304 g/mol. The number of hydrogen-bond donors (Lipinski definition) is 2. The molecule has 1 heterocycles. The molecule has 1 aliphatic rings. The van der Waals surface area contributed by atoms with Crippen molar-refractivity contribution in [3.63, 3.8) is 0 Å². The molecule has 6 nitrogen and oxygen atoms in total. The molecular weight excluding hydrogens is 284 g/mol. The van der Waals surface area contributed by atoms with E-state index in [-0.39, 0.29) is 15.5 Å². The second-order valence-electron chi connectivity index (χ2n) is 4.99. The molecule has 1 aliphatic carbocycles. The van der Waals surface area contributed by atoms with E-state index in [1.54, 1.807) is 25.7 Å². The third kappa shape index (κ3) is 2.61. The van der Waals surface area contributed by atoms with E-state index in [0.29, 0.717) is 12.2 Å². The summed E-state index contributed by atoms with van der Waals surface area (Å²) >= 11 is 1.73. The molecule has 1 fully saturated rings. The van der Waals surface area contributed by atoms with Gasteiger partial charge in [0, 0.05) is 18.3 Å². The van der Waals surface area contributed by atoms with Gasteiger partial charge in [0.2, 0.25) is 10.0 Å². The molecular formula is C11H20N4O2S2. The highest BCUT2D eigenvalue weighted by Crippen LogP contribution is 2.42. The Labute approximate surface area is 118 Å². The molecule has 8 heteroatoms. The first-order valence-corrected chi connectivity index (χ1v) is 8.86. The molecule has 19 heavy (non-hydrogen) atoms.